The number of aliphatic hydroxyl groups is 1. The SMILES string of the molecule is N#CCCOP(=S)(OC[C@H]1C[C@@H](F)[C@H](n2cnc3c(NC(=O)c4ccccc4)ncnc32)O1)O[C@@H]1[C@H](F)[C@@H](CO)O[C@H]1n1ccc(=O)[nH]c1=O. The van der Waals surface area contributed by atoms with Crippen LogP contribution in [0.2, 0.25) is 0 Å². The van der Waals surface area contributed by atoms with E-state index >= 15 is 8.78 Å². The Balaban J connectivity index is 1.17. The van der Waals surface area contributed by atoms with E-state index in [0.29, 0.717) is 5.56 Å². The van der Waals surface area contributed by atoms with Gasteiger partial charge in [-0.3, -0.25) is 28.2 Å². The highest BCUT2D eigenvalue weighted by Gasteiger charge is 2.50. The number of anilines is 1. The molecule has 6 rings (SSSR count). The van der Waals surface area contributed by atoms with Crippen molar-refractivity contribution in [3.63, 3.8) is 0 Å². The van der Waals surface area contributed by atoms with Crippen molar-refractivity contribution in [2.45, 2.75) is 56.0 Å². The molecule has 1 aromatic carbocycles. The molecule has 50 heavy (non-hydrogen) atoms. The van der Waals surface area contributed by atoms with E-state index in [-0.39, 0.29) is 36.4 Å². The molecule has 264 valence electrons. The number of rotatable bonds is 13. The fourth-order valence-electron chi connectivity index (χ4n) is 5.38. The van der Waals surface area contributed by atoms with Crippen LogP contribution in [-0.2, 0) is 34.9 Å². The summed E-state index contributed by atoms with van der Waals surface area (Å²) >= 11 is 5.55. The Bertz CT molecular complexity index is 2050. The van der Waals surface area contributed by atoms with E-state index in [1.165, 1.54) is 17.2 Å². The van der Waals surface area contributed by atoms with Crippen LogP contribution in [-0.4, -0.2) is 90.6 Å². The monoisotopic (exact) mass is 734 g/mol. The van der Waals surface area contributed by atoms with Gasteiger partial charge in [0, 0.05) is 24.2 Å². The van der Waals surface area contributed by atoms with Gasteiger partial charge < -0.3 is 28.9 Å². The highest BCUT2D eigenvalue weighted by Crippen LogP contribution is 2.55. The maximum atomic E-state index is 15.5. The molecule has 4 aromatic rings. The maximum absolute atomic E-state index is 15.5. The third-order valence-electron chi connectivity index (χ3n) is 7.73. The molecule has 17 nitrogen and oxygen atoms in total. The molecule has 1 amide bonds. The van der Waals surface area contributed by atoms with E-state index in [1.54, 1.807) is 30.3 Å². The van der Waals surface area contributed by atoms with Gasteiger partial charge in [-0.1, -0.05) is 18.2 Å². The quantitative estimate of drug-likeness (QED) is 0.132. The van der Waals surface area contributed by atoms with E-state index in [9.17, 15) is 19.5 Å². The molecule has 0 bridgehead atoms. The number of aromatic nitrogens is 6. The molecule has 0 spiro atoms. The van der Waals surface area contributed by atoms with Crippen LogP contribution in [0.25, 0.3) is 11.2 Å². The fraction of sp³-hybridized carbons (Fsp3) is 0.414. The number of nitrogens with zero attached hydrogens (tertiary/aromatic N) is 6. The first-order chi connectivity index (χ1) is 24.1. The van der Waals surface area contributed by atoms with Crippen molar-refractivity contribution < 1.29 is 41.7 Å². The summed E-state index contributed by atoms with van der Waals surface area (Å²) in [4.78, 5) is 51.4. The second kappa shape index (κ2) is 15.3. The molecule has 3 aromatic heterocycles. The summed E-state index contributed by atoms with van der Waals surface area (Å²) in [6.07, 6.45) is -7.13. The third-order valence-corrected chi connectivity index (χ3v) is 10.1. The van der Waals surface area contributed by atoms with Gasteiger partial charge in [-0.25, -0.2) is 28.5 Å². The Morgan fingerprint density at radius 3 is 2.68 bits per heavy atom. The number of carbonyl (C=O) groups is 1. The Morgan fingerprint density at radius 2 is 1.94 bits per heavy atom. The number of carbonyl (C=O) groups excluding carboxylic acids is 1. The van der Waals surface area contributed by atoms with Crippen molar-refractivity contribution in [1.29, 1.82) is 5.26 Å². The lowest BCUT2D eigenvalue weighted by Gasteiger charge is -2.29. The Hall–Kier alpha value is -4.32. The molecule has 8 atom stereocenters. The number of imidazole rings is 1. The number of halogens is 2. The number of aliphatic hydroxyl groups excluding tert-OH is 1. The van der Waals surface area contributed by atoms with Gasteiger partial charge in [-0.05, 0) is 23.9 Å². The van der Waals surface area contributed by atoms with E-state index in [2.05, 4.69) is 20.3 Å². The van der Waals surface area contributed by atoms with E-state index in [4.69, 9.17) is 40.1 Å². The lowest BCUT2D eigenvalue weighted by molar-refractivity contribution is -0.0562. The lowest BCUT2D eigenvalue weighted by Crippen LogP contribution is -2.37. The molecule has 21 heteroatoms. The molecule has 2 aliphatic heterocycles. The number of fused-ring (bicyclic) bond motifs is 1. The number of H-pyrrole nitrogens is 1. The number of nitrogens with one attached hydrogen (secondary N) is 2. The zero-order valence-corrected chi connectivity index (χ0v) is 27.5. The van der Waals surface area contributed by atoms with E-state index in [0.717, 1.165) is 16.8 Å². The first-order valence-corrected chi connectivity index (χ1v) is 17.7. The highest BCUT2D eigenvalue weighted by molar-refractivity contribution is 8.07. The number of nitriles is 1. The summed E-state index contributed by atoms with van der Waals surface area (Å²) in [6.45, 7) is -5.42. The van der Waals surface area contributed by atoms with Gasteiger partial charge in [-0.15, -0.1) is 0 Å². The molecule has 2 saturated heterocycles. The Morgan fingerprint density at radius 1 is 1.14 bits per heavy atom. The Labute approximate surface area is 286 Å². The minimum Gasteiger partial charge on any atom is -0.394 e. The first-order valence-electron chi connectivity index (χ1n) is 15.1. The zero-order valence-electron chi connectivity index (χ0n) is 25.8. The molecular weight excluding hydrogens is 705 g/mol. The number of hydrogen-bond donors (Lipinski definition) is 3. The minimum atomic E-state index is -3.98. The van der Waals surface area contributed by atoms with Gasteiger partial charge in [0.1, 0.15) is 24.7 Å². The second-order valence-corrected chi connectivity index (χ2v) is 14.0. The van der Waals surface area contributed by atoms with Gasteiger partial charge in [0.05, 0.1) is 44.7 Å². The minimum absolute atomic E-state index is 0.108. The summed E-state index contributed by atoms with van der Waals surface area (Å²) in [6, 6.07) is 11.3. The van der Waals surface area contributed by atoms with Gasteiger partial charge in [0.15, 0.2) is 35.6 Å². The average Bonchev–Trinajstić information content (AvgIpc) is 3.79. The van der Waals surface area contributed by atoms with Crippen LogP contribution in [0.1, 0.15) is 35.7 Å². The van der Waals surface area contributed by atoms with Crippen LogP contribution in [0.15, 0.2) is 64.8 Å². The highest BCUT2D eigenvalue weighted by atomic mass is 32.5. The van der Waals surface area contributed by atoms with Crippen molar-refractivity contribution >= 4 is 41.4 Å². The third kappa shape index (κ3) is 7.55. The summed E-state index contributed by atoms with van der Waals surface area (Å²) in [5.74, 6) is -0.323. The van der Waals surface area contributed by atoms with E-state index in [1.807, 2.05) is 11.1 Å². The van der Waals surface area contributed by atoms with Crippen LogP contribution in [0.4, 0.5) is 14.6 Å². The number of benzene rings is 1. The van der Waals surface area contributed by atoms with Crippen molar-refractivity contribution in [1.82, 2.24) is 29.1 Å². The average molecular weight is 735 g/mol. The molecule has 0 radical (unpaired) electrons. The zero-order chi connectivity index (χ0) is 35.4. The number of alkyl halides is 2. The van der Waals surface area contributed by atoms with Crippen LogP contribution >= 0.6 is 6.72 Å². The van der Waals surface area contributed by atoms with Crippen molar-refractivity contribution in [2.24, 2.45) is 0 Å². The largest absolute Gasteiger partial charge is 0.394 e. The molecular formula is C29H29F2N8O9PS. The van der Waals surface area contributed by atoms with Gasteiger partial charge in [0.25, 0.3) is 11.5 Å². The van der Waals surface area contributed by atoms with Gasteiger partial charge in [0.2, 0.25) is 0 Å². The van der Waals surface area contributed by atoms with Gasteiger partial charge in [-0.2, -0.15) is 5.26 Å². The molecule has 1 unspecified atom stereocenters. The second-order valence-electron chi connectivity index (χ2n) is 11.0. The van der Waals surface area contributed by atoms with Crippen LogP contribution < -0.4 is 16.6 Å². The van der Waals surface area contributed by atoms with Crippen LogP contribution in [0, 0.1) is 11.3 Å². The van der Waals surface area contributed by atoms with Crippen LogP contribution in [0.3, 0.4) is 0 Å². The summed E-state index contributed by atoms with van der Waals surface area (Å²) in [5.41, 5.74) is -0.883. The van der Waals surface area contributed by atoms with Crippen LogP contribution in [0.5, 0.6) is 0 Å². The van der Waals surface area contributed by atoms with Crippen molar-refractivity contribution in [3.05, 3.63) is 81.7 Å². The number of hydrogen-bond acceptors (Lipinski definition) is 14. The molecule has 2 fully saturated rings. The maximum Gasteiger partial charge on any atom is 0.330 e. The molecule has 0 saturated carbocycles. The summed E-state index contributed by atoms with van der Waals surface area (Å²) in [5, 5.41) is 21.4. The normalized spacial score (nSPS) is 26.1. The van der Waals surface area contributed by atoms with Crippen molar-refractivity contribution in [3.8, 4) is 6.07 Å². The molecule has 2 aliphatic rings. The molecule has 5 heterocycles. The predicted molar refractivity (Wildman–Crippen MR) is 172 cm³/mol. The smallest absolute Gasteiger partial charge is 0.330 e. The molecule has 3 N–H and O–H groups in total. The standard InChI is InChI=1S/C29H29F2N8O9PS/c30-18-11-17(46-27(18)39-15-35-22-24(33-14-34-25(22)39)37-26(42)16-5-2-1-3-6-16)13-45-49(50,44-10-4-8-32)48-23-21(31)19(12-40)47-28(23)38-9-7-20(41)36-29(38)43/h1-3,5-7,9,14-15,17-19,21,23,27-28,40H,4,10-13H2,(H,36,41,43)(H,33,34,37,42)/t17-,18-,19-,21-,23-,27-,28-,49?/m1/s1. The topological polar surface area (TPSA) is 218 Å². The Kier molecular flexibility index (Phi) is 10.9. The van der Waals surface area contributed by atoms with E-state index < -0.39 is 80.2 Å². The number of amides is 1. The first kappa shape index (κ1) is 35.5. The summed E-state index contributed by atoms with van der Waals surface area (Å²) < 4.78 is 62.0. The van der Waals surface area contributed by atoms with Crippen molar-refractivity contribution in [2.75, 3.05) is 25.1 Å². The number of ether oxygens (including phenoxy) is 2. The lowest BCUT2D eigenvalue weighted by atomic mass is 10.1. The fourth-order valence-corrected chi connectivity index (χ4v) is 7.47. The van der Waals surface area contributed by atoms with Gasteiger partial charge >= 0.3 is 12.4 Å². The molecule has 0 aliphatic carbocycles. The number of aromatic amines is 1. The summed E-state index contributed by atoms with van der Waals surface area (Å²) in [7, 11) is 0. The predicted octanol–water partition coefficient (Wildman–Crippen LogP) is 2.04.